The minimum atomic E-state index is -0.867. The van der Waals surface area contributed by atoms with Gasteiger partial charge in [-0.3, -0.25) is 4.79 Å². The summed E-state index contributed by atoms with van der Waals surface area (Å²) < 4.78 is 4.78. The molecular formula is C9H12N2O4. The highest BCUT2D eigenvalue weighted by Gasteiger charge is 2.34. The number of aliphatic hydroxyl groups excluding tert-OH is 2. The molecule has 82 valence electrons. The molecule has 1 fully saturated rings. The van der Waals surface area contributed by atoms with Crippen molar-refractivity contribution in [1.29, 1.82) is 0 Å². The number of aryl methyl sites for hydroxylation is 1. The molecule has 15 heavy (non-hydrogen) atoms. The summed E-state index contributed by atoms with van der Waals surface area (Å²) in [5.74, 6) is 0.167. The van der Waals surface area contributed by atoms with Crippen LogP contribution in [-0.2, 0) is 0 Å². The minimum Gasteiger partial charge on any atom is -0.388 e. The van der Waals surface area contributed by atoms with E-state index in [2.05, 4.69) is 5.16 Å². The van der Waals surface area contributed by atoms with Crippen molar-refractivity contribution in [3.8, 4) is 0 Å². The van der Waals surface area contributed by atoms with Crippen LogP contribution in [0, 0.1) is 6.92 Å². The Morgan fingerprint density at radius 1 is 1.53 bits per heavy atom. The Balaban J connectivity index is 2.13. The third-order valence-electron chi connectivity index (χ3n) is 2.53. The van der Waals surface area contributed by atoms with Crippen LogP contribution < -0.4 is 0 Å². The SMILES string of the molecule is Cc1oncc1C(=O)N1CC(O)C(O)C1. The molecule has 2 N–H and O–H groups in total. The van der Waals surface area contributed by atoms with Crippen LogP contribution in [0.4, 0.5) is 0 Å². The summed E-state index contributed by atoms with van der Waals surface area (Å²) in [6.07, 6.45) is -0.391. The van der Waals surface area contributed by atoms with Gasteiger partial charge in [0.05, 0.1) is 18.4 Å². The zero-order valence-electron chi connectivity index (χ0n) is 8.25. The molecule has 1 amide bonds. The molecule has 2 unspecified atom stereocenters. The van der Waals surface area contributed by atoms with Crippen LogP contribution >= 0.6 is 0 Å². The Kier molecular flexibility index (Phi) is 2.45. The number of amides is 1. The van der Waals surface area contributed by atoms with Gasteiger partial charge in [-0.2, -0.15) is 0 Å². The third-order valence-corrected chi connectivity index (χ3v) is 2.53. The van der Waals surface area contributed by atoms with E-state index in [-0.39, 0.29) is 19.0 Å². The largest absolute Gasteiger partial charge is 0.388 e. The predicted octanol–water partition coefficient (Wildman–Crippen LogP) is -0.839. The van der Waals surface area contributed by atoms with Crippen LogP contribution in [0.1, 0.15) is 16.1 Å². The zero-order chi connectivity index (χ0) is 11.0. The van der Waals surface area contributed by atoms with Crippen molar-refractivity contribution in [1.82, 2.24) is 10.1 Å². The topological polar surface area (TPSA) is 86.8 Å². The van der Waals surface area contributed by atoms with Gasteiger partial charge in [-0.1, -0.05) is 5.16 Å². The molecule has 2 rings (SSSR count). The molecule has 1 aliphatic rings. The number of carbonyl (C=O) groups is 1. The molecule has 6 heteroatoms. The average Bonchev–Trinajstić information content (AvgIpc) is 2.74. The number of likely N-dealkylation sites (tertiary alicyclic amines) is 1. The first-order valence-corrected chi connectivity index (χ1v) is 4.66. The Hall–Kier alpha value is -1.40. The van der Waals surface area contributed by atoms with E-state index in [9.17, 15) is 15.0 Å². The maximum atomic E-state index is 11.8. The van der Waals surface area contributed by atoms with Crippen molar-refractivity contribution in [3.05, 3.63) is 17.5 Å². The molecule has 1 saturated heterocycles. The van der Waals surface area contributed by atoms with Crippen molar-refractivity contribution >= 4 is 5.91 Å². The summed E-state index contributed by atoms with van der Waals surface area (Å²) in [6, 6.07) is 0. The molecule has 1 aromatic rings. The van der Waals surface area contributed by atoms with Crippen molar-refractivity contribution in [2.45, 2.75) is 19.1 Å². The minimum absolute atomic E-state index is 0.143. The molecular weight excluding hydrogens is 200 g/mol. The van der Waals surface area contributed by atoms with Crippen molar-refractivity contribution in [2.24, 2.45) is 0 Å². The van der Waals surface area contributed by atoms with Crippen molar-refractivity contribution in [3.63, 3.8) is 0 Å². The van der Waals surface area contributed by atoms with Crippen LogP contribution in [0.3, 0.4) is 0 Å². The summed E-state index contributed by atoms with van der Waals surface area (Å²) in [5, 5.41) is 22.1. The normalized spacial score (nSPS) is 25.9. The lowest BCUT2D eigenvalue weighted by Crippen LogP contribution is -2.29. The fourth-order valence-corrected chi connectivity index (χ4v) is 1.61. The second-order valence-electron chi connectivity index (χ2n) is 3.64. The first kappa shape index (κ1) is 10.1. The summed E-state index contributed by atoms with van der Waals surface area (Å²) in [7, 11) is 0. The van der Waals surface area contributed by atoms with E-state index in [0.717, 1.165) is 0 Å². The molecule has 0 aromatic carbocycles. The summed E-state index contributed by atoms with van der Waals surface area (Å²) in [6.45, 7) is 1.93. The third kappa shape index (κ3) is 1.73. The Labute approximate surface area is 86.1 Å². The van der Waals surface area contributed by atoms with E-state index in [0.29, 0.717) is 11.3 Å². The number of rotatable bonds is 1. The van der Waals surface area contributed by atoms with Gasteiger partial charge in [0, 0.05) is 13.1 Å². The Morgan fingerprint density at radius 3 is 2.60 bits per heavy atom. The van der Waals surface area contributed by atoms with Gasteiger partial charge in [0.1, 0.15) is 11.3 Å². The van der Waals surface area contributed by atoms with E-state index in [1.165, 1.54) is 11.1 Å². The number of carbonyl (C=O) groups excluding carboxylic acids is 1. The average molecular weight is 212 g/mol. The van der Waals surface area contributed by atoms with Gasteiger partial charge in [0.2, 0.25) is 0 Å². The first-order chi connectivity index (χ1) is 7.09. The molecule has 0 spiro atoms. The number of nitrogens with zero attached hydrogens (tertiary/aromatic N) is 2. The van der Waals surface area contributed by atoms with Crippen LogP contribution in [0.15, 0.2) is 10.7 Å². The lowest BCUT2D eigenvalue weighted by Gasteiger charge is -2.13. The summed E-state index contributed by atoms with van der Waals surface area (Å²) in [5.41, 5.74) is 0.372. The number of hydrogen-bond acceptors (Lipinski definition) is 5. The van der Waals surface area contributed by atoms with Crippen LogP contribution in [0.2, 0.25) is 0 Å². The highest BCUT2D eigenvalue weighted by Crippen LogP contribution is 2.16. The highest BCUT2D eigenvalue weighted by molar-refractivity contribution is 5.95. The molecule has 0 bridgehead atoms. The molecule has 6 nitrogen and oxygen atoms in total. The van der Waals surface area contributed by atoms with E-state index in [1.807, 2.05) is 0 Å². The van der Waals surface area contributed by atoms with Gasteiger partial charge in [-0.05, 0) is 6.92 Å². The molecule has 1 aromatic heterocycles. The number of hydrogen-bond donors (Lipinski definition) is 2. The van der Waals surface area contributed by atoms with Crippen LogP contribution in [-0.4, -0.2) is 51.5 Å². The molecule has 0 saturated carbocycles. The maximum absolute atomic E-state index is 11.8. The second kappa shape index (κ2) is 3.63. The van der Waals surface area contributed by atoms with Gasteiger partial charge in [-0.25, -0.2) is 0 Å². The molecule has 0 radical (unpaired) electrons. The Morgan fingerprint density at radius 2 is 2.13 bits per heavy atom. The van der Waals surface area contributed by atoms with Crippen molar-refractivity contribution in [2.75, 3.05) is 13.1 Å². The van der Waals surface area contributed by atoms with Crippen molar-refractivity contribution < 1.29 is 19.5 Å². The second-order valence-corrected chi connectivity index (χ2v) is 3.64. The zero-order valence-corrected chi connectivity index (χ0v) is 8.25. The smallest absolute Gasteiger partial charge is 0.259 e. The van der Waals surface area contributed by atoms with Gasteiger partial charge in [0.15, 0.2) is 0 Å². The summed E-state index contributed by atoms with van der Waals surface area (Å²) in [4.78, 5) is 13.2. The molecule has 0 aliphatic carbocycles. The van der Waals surface area contributed by atoms with Gasteiger partial charge in [0.25, 0.3) is 5.91 Å². The van der Waals surface area contributed by atoms with E-state index in [4.69, 9.17) is 4.52 Å². The lowest BCUT2D eigenvalue weighted by atomic mass is 10.2. The fraction of sp³-hybridized carbons (Fsp3) is 0.556. The number of aliphatic hydroxyl groups is 2. The van der Waals surface area contributed by atoms with E-state index >= 15 is 0 Å². The summed E-state index contributed by atoms with van der Waals surface area (Å²) >= 11 is 0. The molecule has 1 aliphatic heterocycles. The van der Waals surface area contributed by atoms with Gasteiger partial charge < -0.3 is 19.6 Å². The van der Waals surface area contributed by atoms with Gasteiger partial charge in [-0.15, -0.1) is 0 Å². The van der Waals surface area contributed by atoms with E-state index in [1.54, 1.807) is 6.92 Å². The molecule has 2 heterocycles. The highest BCUT2D eigenvalue weighted by atomic mass is 16.5. The van der Waals surface area contributed by atoms with Crippen LogP contribution in [0.25, 0.3) is 0 Å². The number of aromatic nitrogens is 1. The maximum Gasteiger partial charge on any atom is 0.259 e. The van der Waals surface area contributed by atoms with Gasteiger partial charge >= 0.3 is 0 Å². The monoisotopic (exact) mass is 212 g/mol. The van der Waals surface area contributed by atoms with E-state index < -0.39 is 12.2 Å². The standard InChI is InChI=1S/C9H12N2O4/c1-5-6(2-10-15-5)9(14)11-3-7(12)8(13)4-11/h2,7-8,12-13H,3-4H2,1H3. The lowest BCUT2D eigenvalue weighted by molar-refractivity contribution is 0.0572. The number of β-amino-alcohol motifs (C(OH)–C–C–N with tert-alkyl or cyclic N) is 2. The van der Waals surface area contributed by atoms with Crippen LogP contribution in [0.5, 0.6) is 0 Å². The Bertz CT molecular complexity index is 366. The first-order valence-electron chi connectivity index (χ1n) is 4.66. The predicted molar refractivity (Wildman–Crippen MR) is 49.2 cm³/mol. The fourth-order valence-electron chi connectivity index (χ4n) is 1.61. The molecule has 2 atom stereocenters. The quantitative estimate of drug-likeness (QED) is 0.634.